The van der Waals surface area contributed by atoms with Gasteiger partial charge in [0.1, 0.15) is 0 Å². The highest BCUT2D eigenvalue weighted by atomic mass is 16.1. The molecule has 0 aromatic carbocycles. The summed E-state index contributed by atoms with van der Waals surface area (Å²) in [4.78, 5) is 24.9. The van der Waals surface area contributed by atoms with Crippen molar-refractivity contribution in [3.05, 3.63) is 99.2 Å². The van der Waals surface area contributed by atoms with E-state index < -0.39 is 0 Å². The largest absolute Gasteiger partial charge is 0.371 e. The molecular weight excluding hydrogens is 466 g/mol. The third kappa shape index (κ3) is 6.14. The molecule has 2 aliphatic carbocycles. The Kier molecular flexibility index (Phi) is 8.64. The van der Waals surface area contributed by atoms with Crippen molar-refractivity contribution in [2.75, 3.05) is 20.1 Å². The van der Waals surface area contributed by atoms with Crippen LogP contribution in [0.5, 0.6) is 0 Å². The molecule has 0 radical (unpaired) electrons. The number of hydrogen-bond acceptors (Lipinski definition) is 4. The minimum absolute atomic E-state index is 0.0462. The van der Waals surface area contributed by atoms with Crippen LogP contribution in [-0.4, -0.2) is 42.2 Å². The van der Waals surface area contributed by atoms with Gasteiger partial charge >= 0.3 is 0 Å². The van der Waals surface area contributed by atoms with Crippen molar-refractivity contribution >= 4 is 17.2 Å². The smallest absolute Gasteiger partial charge is 0.162 e. The first-order valence-electron chi connectivity index (χ1n) is 13.9. The molecule has 2 heterocycles. The van der Waals surface area contributed by atoms with Gasteiger partial charge in [-0.25, -0.2) is 4.99 Å². The maximum atomic E-state index is 13.0. The summed E-state index contributed by atoms with van der Waals surface area (Å²) < 4.78 is 0. The first-order chi connectivity index (χ1) is 18.2. The maximum Gasteiger partial charge on any atom is 0.162 e. The average Bonchev–Trinajstić information content (AvgIpc) is 3.18. The Balaban J connectivity index is 1.58. The molecule has 0 aromatic rings. The second-order valence-electron chi connectivity index (χ2n) is 10.8. The van der Waals surface area contributed by atoms with Gasteiger partial charge in [-0.3, -0.25) is 9.79 Å². The van der Waals surface area contributed by atoms with Crippen LogP contribution in [0, 0.1) is 11.8 Å². The molecule has 4 aliphatic rings. The lowest BCUT2D eigenvalue weighted by Gasteiger charge is -2.42. The maximum absolute atomic E-state index is 13.0. The van der Waals surface area contributed by atoms with Crippen LogP contribution in [0.3, 0.4) is 0 Å². The van der Waals surface area contributed by atoms with E-state index in [9.17, 15) is 4.79 Å². The molecule has 0 N–H and O–H groups in total. The van der Waals surface area contributed by atoms with Crippen molar-refractivity contribution in [1.82, 2.24) is 4.90 Å². The lowest BCUT2D eigenvalue weighted by atomic mass is 9.90. The van der Waals surface area contributed by atoms with E-state index in [2.05, 4.69) is 99.7 Å². The molecule has 4 heteroatoms. The first-order valence-corrected chi connectivity index (χ1v) is 13.9. The molecule has 2 aliphatic heterocycles. The molecule has 4 rings (SSSR count). The monoisotopic (exact) mass is 507 g/mol. The van der Waals surface area contributed by atoms with Crippen molar-refractivity contribution in [3.8, 4) is 0 Å². The summed E-state index contributed by atoms with van der Waals surface area (Å²) in [5.41, 5.74) is 14.0. The third-order valence-corrected chi connectivity index (χ3v) is 8.02. The molecule has 198 valence electrons. The number of likely N-dealkylation sites (tertiary alicyclic amines) is 1. The van der Waals surface area contributed by atoms with Gasteiger partial charge in [-0.15, -0.1) is 5.73 Å². The summed E-state index contributed by atoms with van der Waals surface area (Å²) in [6.07, 6.45) is 19.3. The van der Waals surface area contributed by atoms with E-state index >= 15 is 0 Å². The van der Waals surface area contributed by atoms with E-state index in [1.165, 1.54) is 17.7 Å². The fraction of sp³-hybridized carbons (Fsp3) is 0.412. The molecule has 0 bridgehead atoms. The number of ketones is 1. The van der Waals surface area contributed by atoms with Crippen molar-refractivity contribution in [2.45, 2.75) is 60.8 Å². The Hall–Kier alpha value is -3.49. The van der Waals surface area contributed by atoms with Crippen LogP contribution in [-0.2, 0) is 4.79 Å². The Morgan fingerprint density at radius 1 is 1.18 bits per heavy atom. The van der Waals surface area contributed by atoms with Crippen LogP contribution in [0.1, 0.15) is 60.8 Å². The van der Waals surface area contributed by atoms with Crippen LogP contribution in [0.2, 0.25) is 0 Å². The summed E-state index contributed by atoms with van der Waals surface area (Å²) in [6, 6.07) is 0. The highest BCUT2D eigenvalue weighted by Gasteiger charge is 2.28. The normalized spacial score (nSPS) is 24.1. The standard InChI is InChI=1S/C34H41N3O/c1-8-26(9-2)16-27-20-37(21-27)29-11-10-28-17-30(38)18-34(36-32(28)13-12-29)33(35-7)19-31-24(5)14-22(3)23(4)15-25(31)6/h8,10-14,18-19,24,27H,9,16-17,20-21H2,1-7H3/b26-8-,31-19+,35-33+. The molecule has 0 saturated carbocycles. The number of nitrogens with zero attached hydrogens (tertiary/aromatic N) is 3. The predicted octanol–water partition coefficient (Wildman–Crippen LogP) is 7.43. The number of aliphatic imine (C=N–C) groups is 2. The number of allylic oxidation sites excluding steroid dienone is 13. The van der Waals surface area contributed by atoms with Gasteiger partial charge in [-0.05, 0) is 98.6 Å². The molecule has 1 unspecified atom stereocenters. The number of fused-ring (bicyclic) bond motifs is 1. The zero-order valence-corrected chi connectivity index (χ0v) is 24.1. The molecule has 1 atom stereocenters. The Morgan fingerprint density at radius 3 is 2.63 bits per heavy atom. The molecule has 0 aromatic heterocycles. The van der Waals surface area contributed by atoms with Crippen molar-refractivity contribution in [2.24, 2.45) is 21.8 Å². The number of carbonyl (C=O) groups is 1. The van der Waals surface area contributed by atoms with Gasteiger partial charge < -0.3 is 4.90 Å². The van der Waals surface area contributed by atoms with Gasteiger partial charge in [0, 0.05) is 44.2 Å². The van der Waals surface area contributed by atoms with E-state index in [1.54, 1.807) is 18.7 Å². The number of carbonyl (C=O) groups excluding carboxylic acids is 1. The van der Waals surface area contributed by atoms with Crippen LogP contribution in [0.4, 0.5) is 0 Å². The summed E-state index contributed by atoms with van der Waals surface area (Å²) in [5.74, 6) is 0.973. The molecule has 0 amide bonds. The third-order valence-electron chi connectivity index (χ3n) is 8.02. The van der Waals surface area contributed by atoms with Crippen molar-refractivity contribution in [3.63, 3.8) is 0 Å². The predicted molar refractivity (Wildman–Crippen MR) is 160 cm³/mol. The summed E-state index contributed by atoms with van der Waals surface area (Å²) in [7, 11) is 1.77. The zero-order valence-electron chi connectivity index (χ0n) is 24.1. The topological polar surface area (TPSA) is 45.0 Å². The lowest BCUT2D eigenvalue weighted by molar-refractivity contribution is -0.113. The lowest BCUT2D eigenvalue weighted by Crippen LogP contribution is -2.45. The van der Waals surface area contributed by atoms with Crippen LogP contribution in [0.25, 0.3) is 0 Å². The fourth-order valence-electron chi connectivity index (χ4n) is 5.52. The van der Waals surface area contributed by atoms with Gasteiger partial charge in [0.2, 0.25) is 0 Å². The van der Waals surface area contributed by atoms with Gasteiger partial charge in [0.05, 0.1) is 17.1 Å². The van der Waals surface area contributed by atoms with Crippen LogP contribution in [0.15, 0.2) is 109 Å². The van der Waals surface area contributed by atoms with E-state index in [0.717, 1.165) is 47.5 Å². The fourth-order valence-corrected chi connectivity index (χ4v) is 5.52. The molecule has 38 heavy (non-hydrogen) atoms. The van der Waals surface area contributed by atoms with E-state index in [4.69, 9.17) is 4.99 Å². The SMILES string of the molecule is C/C=C(/CC)CC1CN(C2=CC=C3CC(=O)C=C(C(/C=C4/C(C)=C=C(C)C(C)=CC4C)=N/C)N=C3C=C2)C1. The summed E-state index contributed by atoms with van der Waals surface area (Å²) in [6.45, 7) is 15.0. The Morgan fingerprint density at radius 2 is 1.95 bits per heavy atom. The van der Waals surface area contributed by atoms with Crippen molar-refractivity contribution in [1.29, 1.82) is 0 Å². The molecule has 1 saturated heterocycles. The average molecular weight is 508 g/mol. The number of rotatable bonds is 6. The Bertz CT molecular complexity index is 1350. The van der Waals surface area contributed by atoms with Gasteiger partial charge in [-0.1, -0.05) is 37.6 Å². The molecule has 4 nitrogen and oxygen atoms in total. The summed E-state index contributed by atoms with van der Waals surface area (Å²) in [5, 5.41) is 0. The quantitative estimate of drug-likeness (QED) is 0.213. The van der Waals surface area contributed by atoms with Gasteiger partial charge in [-0.2, -0.15) is 0 Å². The molecule has 0 spiro atoms. The van der Waals surface area contributed by atoms with E-state index in [-0.39, 0.29) is 11.7 Å². The van der Waals surface area contributed by atoms with Crippen molar-refractivity contribution < 1.29 is 4.79 Å². The highest BCUT2D eigenvalue weighted by Crippen LogP contribution is 2.31. The first kappa shape index (κ1) is 27.5. The minimum atomic E-state index is 0.0462. The zero-order chi connectivity index (χ0) is 27.4. The second kappa shape index (κ2) is 11.9. The molecule has 1 fully saturated rings. The van der Waals surface area contributed by atoms with Crippen LogP contribution >= 0.6 is 0 Å². The van der Waals surface area contributed by atoms with E-state index in [1.807, 2.05) is 0 Å². The Labute approximate surface area is 228 Å². The highest BCUT2D eigenvalue weighted by molar-refractivity contribution is 6.20. The minimum Gasteiger partial charge on any atom is -0.371 e. The second-order valence-corrected chi connectivity index (χ2v) is 10.8. The summed E-state index contributed by atoms with van der Waals surface area (Å²) >= 11 is 0. The molecular formula is C34H41N3O. The number of hydrogen-bond donors (Lipinski definition) is 0. The van der Waals surface area contributed by atoms with E-state index in [0.29, 0.717) is 23.7 Å². The van der Waals surface area contributed by atoms with Crippen LogP contribution < -0.4 is 0 Å². The van der Waals surface area contributed by atoms with Gasteiger partial charge in [0.15, 0.2) is 5.78 Å². The van der Waals surface area contributed by atoms with Gasteiger partial charge in [0.25, 0.3) is 0 Å².